The molecule has 2 aromatic rings. The fraction of sp³-hybridized carbons (Fsp3) is 0. The molecule has 0 radical (unpaired) electrons. The number of ether oxygens (including phenoxy) is 1. The van der Waals surface area contributed by atoms with Crippen molar-refractivity contribution in [3.8, 4) is 11.6 Å². The first-order valence-electron chi connectivity index (χ1n) is 4.37. The van der Waals surface area contributed by atoms with Gasteiger partial charge in [0.15, 0.2) is 16.7 Å². The quantitative estimate of drug-likeness (QED) is 0.758. The molecular weight excluding hydrogens is 334 g/mol. The van der Waals surface area contributed by atoms with Crippen LogP contribution in [0.25, 0.3) is 0 Å². The van der Waals surface area contributed by atoms with E-state index in [1.165, 1.54) is 18.5 Å². The molecule has 0 aliphatic carbocycles. The third-order valence-corrected chi connectivity index (χ3v) is 3.36. The smallest absolute Gasteiger partial charge is 0.238 e. The van der Waals surface area contributed by atoms with E-state index >= 15 is 0 Å². The minimum Gasteiger partial charge on any atom is -0.435 e. The zero-order chi connectivity index (χ0) is 12.4. The van der Waals surface area contributed by atoms with Gasteiger partial charge in [0.05, 0.1) is 5.02 Å². The Balaban J connectivity index is 2.38. The lowest BCUT2D eigenvalue weighted by Gasteiger charge is -2.08. The highest BCUT2D eigenvalue weighted by Crippen LogP contribution is 2.33. The monoisotopic (exact) mass is 336 g/mol. The Kier molecular flexibility index (Phi) is 3.81. The van der Waals surface area contributed by atoms with Crippen LogP contribution in [0.4, 0.5) is 4.39 Å². The molecule has 0 spiro atoms. The SMILES string of the molecule is Fc1c(Cl)cccc1Oc1ncnc(Cl)c1Br. The molecule has 0 saturated carbocycles. The Morgan fingerprint density at radius 1 is 1.24 bits per heavy atom. The topological polar surface area (TPSA) is 35.0 Å². The molecule has 0 amide bonds. The van der Waals surface area contributed by atoms with E-state index in [9.17, 15) is 4.39 Å². The van der Waals surface area contributed by atoms with Crippen LogP contribution in [-0.2, 0) is 0 Å². The van der Waals surface area contributed by atoms with Crippen molar-refractivity contribution in [1.82, 2.24) is 9.97 Å². The van der Waals surface area contributed by atoms with Gasteiger partial charge in [0, 0.05) is 0 Å². The van der Waals surface area contributed by atoms with Gasteiger partial charge in [0.1, 0.15) is 10.8 Å². The molecule has 1 heterocycles. The molecule has 0 N–H and O–H groups in total. The number of benzene rings is 1. The van der Waals surface area contributed by atoms with Gasteiger partial charge in [-0.15, -0.1) is 0 Å². The summed E-state index contributed by atoms with van der Waals surface area (Å²) in [7, 11) is 0. The van der Waals surface area contributed by atoms with Gasteiger partial charge in [-0.05, 0) is 28.1 Å². The van der Waals surface area contributed by atoms with E-state index in [1.54, 1.807) is 6.07 Å². The van der Waals surface area contributed by atoms with Crippen molar-refractivity contribution in [1.29, 1.82) is 0 Å². The maximum absolute atomic E-state index is 13.6. The number of hydrogen-bond acceptors (Lipinski definition) is 3. The Hall–Kier alpha value is -0.910. The summed E-state index contributed by atoms with van der Waals surface area (Å²) in [6.07, 6.45) is 1.21. The predicted molar refractivity (Wildman–Crippen MR) is 66.2 cm³/mol. The molecule has 1 aromatic carbocycles. The van der Waals surface area contributed by atoms with Crippen molar-refractivity contribution in [2.45, 2.75) is 0 Å². The highest BCUT2D eigenvalue weighted by molar-refractivity contribution is 9.10. The summed E-state index contributed by atoms with van der Waals surface area (Å²) in [5.74, 6) is -0.574. The van der Waals surface area contributed by atoms with Crippen LogP contribution < -0.4 is 4.74 Å². The average Bonchev–Trinajstić information content (AvgIpc) is 2.31. The highest BCUT2D eigenvalue weighted by Gasteiger charge is 2.13. The molecule has 0 saturated heterocycles. The van der Waals surface area contributed by atoms with Crippen molar-refractivity contribution in [2.24, 2.45) is 0 Å². The van der Waals surface area contributed by atoms with Gasteiger partial charge in [0.2, 0.25) is 5.88 Å². The second-order valence-electron chi connectivity index (χ2n) is 2.94. The minimum atomic E-state index is -0.657. The zero-order valence-electron chi connectivity index (χ0n) is 8.12. The van der Waals surface area contributed by atoms with Crippen molar-refractivity contribution in [3.63, 3.8) is 0 Å². The Bertz CT molecular complexity index is 518. The minimum absolute atomic E-state index is 0.0289. The summed E-state index contributed by atoms with van der Waals surface area (Å²) in [4.78, 5) is 7.56. The van der Waals surface area contributed by atoms with Crippen LogP contribution in [0.1, 0.15) is 0 Å². The van der Waals surface area contributed by atoms with Crippen LogP contribution in [0.15, 0.2) is 29.0 Å². The summed E-state index contributed by atoms with van der Waals surface area (Å²) in [5.41, 5.74) is 0. The predicted octanol–water partition coefficient (Wildman–Crippen LogP) is 4.48. The molecule has 0 aliphatic rings. The molecule has 1 aromatic heterocycles. The third-order valence-electron chi connectivity index (χ3n) is 1.84. The fourth-order valence-electron chi connectivity index (χ4n) is 1.07. The number of halogens is 4. The Morgan fingerprint density at radius 2 is 2.00 bits per heavy atom. The number of nitrogens with zero attached hydrogens (tertiary/aromatic N) is 2. The van der Waals surface area contributed by atoms with E-state index in [0.29, 0.717) is 4.47 Å². The first kappa shape index (κ1) is 12.5. The van der Waals surface area contributed by atoms with Crippen molar-refractivity contribution in [2.75, 3.05) is 0 Å². The van der Waals surface area contributed by atoms with Crippen LogP contribution in [0.2, 0.25) is 10.2 Å². The van der Waals surface area contributed by atoms with E-state index in [4.69, 9.17) is 27.9 Å². The molecule has 17 heavy (non-hydrogen) atoms. The molecule has 0 atom stereocenters. The van der Waals surface area contributed by atoms with Crippen molar-refractivity contribution >= 4 is 39.1 Å². The molecule has 3 nitrogen and oxygen atoms in total. The molecule has 0 bridgehead atoms. The second kappa shape index (κ2) is 5.16. The van der Waals surface area contributed by atoms with Gasteiger partial charge in [-0.3, -0.25) is 0 Å². The van der Waals surface area contributed by atoms with Crippen LogP contribution in [-0.4, -0.2) is 9.97 Å². The number of rotatable bonds is 2. The molecular formula is C10H4BrCl2FN2O. The molecule has 0 aliphatic heterocycles. The number of aromatic nitrogens is 2. The Labute approximate surface area is 115 Å². The zero-order valence-corrected chi connectivity index (χ0v) is 11.2. The van der Waals surface area contributed by atoms with Gasteiger partial charge in [-0.2, -0.15) is 0 Å². The molecule has 0 unspecified atom stereocenters. The van der Waals surface area contributed by atoms with E-state index < -0.39 is 5.82 Å². The van der Waals surface area contributed by atoms with E-state index in [0.717, 1.165) is 0 Å². The standard InChI is InChI=1S/C10H4BrCl2FN2O/c11-7-9(13)15-4-16-10(7)17-6-3-1-2-5(12)8(6)14/h1-4H. The Morgan fingerprint density at radius 3 is 2.76 bits per heavy atom. The third kappa shape index (κ3) is 2.68. The maximum Gasteiger partial charge on any atom is 0.238 e. The van der Waals surface area contributed by atoms with Crippen LogP contribution in [0.5, 0.6) is 11.6 Å². The number of hydrogen-bond donors (Lipinski definition) is 0. The lowest BCUT2D eigenvalue weighted by molar-refractivity contribution is 0.424. The molecule has 0 fully saturated rings. The van der Waals surface area contributed by atoms with Crippen molar-refractivity contribution in [3.05, 3.63) is 45.0 Å². The first-order valence-corrected chi connectivity index (χ1v) is 5.92. The van der Waals surface area contributed by atoms with Gasteiger partial charge in [-0.1, -0.05) is 29.3 Å². The van der Waals surface area contributed by atoms with Gasteiger partial charge in [0.25, 0.3) is 0 Å². The first-order chi connectivity index (χ1) is 8.09. The second-order valence-corrected chi connectivity index (χ2v) is 4.50. The summed E-state index contributed by atoms with van der Waals surface area (Å²) in [6, 6.07) is 4.42. The molecule has 2 rings (SSSR count). The van der Waals surface area contributed by atoms with Crippen LogP contribution in [0.3, 0.4) is 0 Å². The maximum atomic E-state index is 13.6. The lowest BCUT2D eigenvalue weighted by Crippen LogP contribution is -1.94. The fourth-order valence-corrected chi connectivity index (χ4v) is 1.65. The summed E-state index contributed by atoms with van der Waals surface area (Å²) >= 11 is 14.5. The average molecular weight is 338 g/mol. The van der Waals surface area contributed by atoms with Gasteiger partial charge >= 0.3 is 0 Å². The molecule has 7 heteroatoms. The van der Waals surface area contributed by atoms with E-state index in [2.05, 4.69) is 25.9 Å². The summed E-state index contributed by atoms with van der Waals surface area (Å²) in [6.45, 7) is 0. The van der Waals surface area contributed by atoms with Crippen LogP contribution >= 0.6 is 39.1 Å². The largest absolute Gasteiger partial charge is 0.435 e. The highest BCUT2D eigenvalue weighted by atomic mass is 79.9. The van der Waals surface area contributed by atoms with Gasteiger partial charge in [-0.25, -0.2) is 14.4 Å². The summed E-state index contributed by atoms with van der Waals surface area (Å²) in [5, 5.41) is 0.149. The van der Waals surface area contributed by atoms with Crippen molar-refractivity contribution < 1.29 is 9.13 Å². The summed E-state index contributed by atoms with van der Waals surface area (Å²) < 4.78 is 19.2. The normalized spacial score (nSPS) is 10.4. The van der Waals surface area contributed by atoms with Crippen LogP contribution in [0, 0.1) is 5.82 Å². The lowest BCUT2D eigenvalue weighted by atomic mass is 10.3. The van der Waals surface area contributed by atoms with E-state index in [-0.39, 0.29) is 21.8 Å². The molecule has 88 valence electrons. The van der Waals surface area contributed by atoms with E-state index in [1.807, 2.05) is 0 Å². The van der Waals surface area contributed by atoms with Gasteiger partial charge < -0.3 is 4.74 Å².